The SMILES string of the molecule is O=[N+]([O-])c1ccc(NCC2CCCN2)c(C(F)(F)F)c1. The van der Waals surface area contributed by atoms with Gasteiger partial charge in [0, 0.05) is 30.4 Å². The molecule has 20 heavy (non-hydrogen) atoms. The molecule has 0 aromatic heterocycles. The monoisotopic (exact) mass is 289 g/mol. The molecule has 1 aromatic rings. The summed E-state index contributed by atoms with van der Waals surface area (Å²) in [5, 5.41) is 16.5. The van der Waals surface area contributed by atoms with Crippen LogP contribution in [0.3, 0.4) is 0 Å². The maximum absolute atomic E-state index is 12.9. The first-order valence-corrected chi connectivity index (χ1v) is 6.21. The Morgan fingerprint density at radius 1 is 1.45 bits per heavy atom. The van der Waals surface area contributed by atoms with Gasteiger partial charge in [0.25, 0.3) is 5.69 Å². The molecule has 0 spiro atoms. The number of alkyl halides is 3. The molecule has 0 bridgehead atoms. The number of hydrogen-bond donors (Lipinski definition) is 2. The van der Waals surface area contributed by atoms with Crippen LogP contribution in [0.2, 0.25) is 0 Å². The molecular weight excluding hydrogens is 275 g/mol. The van der Waals surface area contributed by atoms with E-state index in [9.17, 15) is 23.3 Å². The van der Waals surface area contributed by atoms with E-state index >= 15 is 0 Å². The summed E-state index contributed by atoms with van der Waals surface area (Å²) in [5.74, 6) is 0. The first-order chi connectivity index (χ1) is 9.38. The number of benzene rings is 1. The molecule has 1 saturated heterocycles. The third-order valence-corrected chi connectivity index (χ3v) is 3.22. The second-order valence-corrected chi connectivity index (χ2v) is 4.66. The first-order valence-electron chi connectivity index (χ1n) is 6.21. The van der Waals surface area contributed by atoms with E-state index in [4.69, 9.17) is 0 Å². The van der Waals surface area contributed by atoms with E-state index in [1.165, 1.54) is 0 Å². The predicted molar refractivity (Wildman–Crippen MR) is 67.6 cm³/mol. The third kappa shape index (κ3) is 3.38. The molecule has 1 aromatic carbocycles. The highest BCUT2D eigenvalue weighted by atomic mass is 19.4. The van der Waals surface area contributed by atoms with Gasteiger partial charge < -0.3 is 10.6 Å². The Kier molecular flexibility index (Phi) is 4.12. The van der Waals surface area contributed by atoms with Crippen molar-refractivity contribution in [3.8, 4) is 0 Å². The topological polar surface area (TPSA) is 67.2 Å². The second-order valence-electron chi connectivity index (χ2n) is 4.66. The third-order valence-electron chi connectivity index (χ3n) is 3.22. The number of halogens is 3. The van der Waals surface area contributed by atoms with Crippen molar-refractivity contribution in [1.29, 1.82) is 0 Å². The van der Waals surface area contributed by atoms with Crippen LogP contribution in [0.4, 0.5) is 24.5 Å². The van der Waals surface area contributed by atoms with Crippen LogP contribution in [0.5, 0.6) is 0 Å². The number of non-ortho nitro benzene ring substituents is 1. The van der Waals surface area contributed by atoms with Crippen LogP contribution in [0.1, 0.15) is 18.4 Å². The van der Waals surface area contributed by atoms with Crippen LogP contribution < -0.4 is 10.6 Å². The van der Waals surface area contributed by atoms with Crippen molar-refractivity contribution >= 4 is 11.4 Å². The number of nitro benzene ring substituents is 1. The van der Waals surface area contributed by atoms with Gasteiger partial charge in [0.2, 0.25) is 0 Å². The molecule has 1 fully saturated rings. The second kappa shape index (κ2) is 5.66. The van der Waals surface area contributed by atoms with Gasteiger partial charge >= 0.3 is 6.18 Å². The van der Waals surface area contributed by atoms with Crippen molar-refractivity contribution in [3.05, 3.63) is 33.9 Å². The number of hydrogen-bond acceptors (Lipinski definition) is 4. The van der Waals surface area contributed by atoms with Crippen LogP contribution in [-0.4, -0.2) is 24.1 Å². The zero-order valence-electron chi connectivity index (χ0n) is 10.5. The van der Waals surface area contributed by atoms with Gasteiger partial charge in [-0.05, 0) is 25.5 Å². The number of rotatable bonds is 4. The van der Waals surface area contributed by atoms with Gasteiger partial charge in [0.15, 0.2) is 0 Å². The molecule has 2 rings (SSSR count). The first kappa shape index (κ1) is 14.6. The number of anilines is 1. The Morgan fingerprint density at radius 3 is 2.75 bits per heavy atom. The minimum atomic E-state index is -4.63. The van der Waals surface area contributed by atoms with E-state index in [1.54, 1.807) is 0 Å². The van der Waals surface area contributed by atoms with Crippen molar-refractivity contribution in [2.45, 2.75) is 25.1 Å². The molecule has 1 heterocycles. The van der Waals surface area contributed by atoms with Crippen molar-refractivity contribution in [1.82, 2.24) is 5.32 Å². The van der Waals surface area contributed by atoms with Gasteiger partial charge in [-0.1, -0.05) is 0 Å². The number of nitrogens with one attached hydrogen (secondary N) is 2. The van der Waals surface area contributed by atoms with Gasteiger partial charge in [-0.15, -0.1) is 0 Å². The summed E-state index contributed by atoms with van der Waals surface area (Å²) in [6.07, 6.45) is -2.72. The van der Waals surface area contributed by atoms with Crippen molar-refractivity contribution < 1.29 is 18.1 Å². The summed E-state index contributed by atoms with van der Waals surface area (Å²) >= 11 is 0. The summed E-state index contributed by atoms with van der Waals surface area (Å²) in [4.78, 5) is 9.73. The van der Waals surface area contributed by atoms with Gasteiger partial charge in [-0.25, -0.2) is 0 Å². The van der Waals surface area contributed by atoms with E-state index in [2.05, 4.69) is 10.6 Å². The fourth-order valence-electron chi connectivity index (χ4n) is 2.20. The molecule has 0 aliphatic carbocycles. The van der Waals surface area contributed by atoms with Gasteiger partial charge in [-0.3, -0.25) is 10.1 Å². The Balaban J connectivity index is 2.19. The van der Waals surface area contributed by atoms with E-state index < -0.39 is 22.4 Å². The van der Waals surface area contributed by atoms with E-state index in [-0.39, 0.29) is 11.7 Å². The van der Waals surface area contributed by atoms with Crippen molar-refractivity contribution in [2.24, 2.45) is 0 Å². The average Bonchev–Trinajstić information content (AvgIpc) is 2.88. The largest absolute Gasteiger partial charge is 0.418 e. The lowest BCUT2D eigenvalue weighted by atomic mass is 10.1. The summed E-state index contributed by atoms with van der Waals surface area (Å²) < 4.78 is 38.7. The Labute approximate surface area is 113 Å². The van der Waals surface area contributed by atoms with Gasteiger partial charge in [0.1, 0.15) is 0 Å². The predicted octanol–water partition coefficient (Wildman–Crippen LogP) is 2.78. The van der Waals surface area contributed by atoms with Gasteiger partial charge in [0.05, 0.1) is 10.5 Å². The molecular formula is C12H14F3N3O2. The molecule has 1 unspecified atom stereocenters. The molecule has 110 valence electrons. The van der Waals surface area contributed by atoms with Gasteiger partial charge in [-0.2, -0.15) is 13.2 Å². The van der Waals surface area contributed by atoms with Crippen LogP contribution in [-0.2, 0) is 6.18 Å². The lowest BCUT2D eigenvalue weighted by Gasteiger charge is -2.17. The molecule has 2 N–H and O–H groups in total. The molecule has 0 amide bonds. The van der Waals surface area contributed by atoms with Crippen LogP contribution in [0.15, 0.2) is 18.2 Å². The highest BCUT2D eigenvalue weighted by molar-refractivity contribution is 5.57. The minimum Gasteiger partial charge on any atom is -0.383 e. The molecule has 1 aliphatic rings. The normalized spacial score (nSPS) is 19.1. The maximum atomic E-state index is 12.9. The fourth-order valence-corrected chi connectivity index (χ4v) is 2.20. The highest BCUT2D eigenvalue weighted by Crippen LogP contribution is 2.37. The zero-order valence-corrected chi connectivity index (χ0v) is 10.5. The summed E-state index contributed by atoms with van der Waals surface area (Å²) in [6, 6.07) is 2.87. The molecule has 1 aliphatic heterocycles. The standard InChI is InChI=1S/C12H14F3N3O2/c13-12(14,15)10-6-9(18(19)20)3-4-11(10)17-7-8-2-1-5-16-8/h3-4,6,8,16-17H,1-2,5,7H2. The van der Waals surface area contributed by atoms with Crippen molar-refractivity contribution in [2.75, 3.05) is 18.4 Å². The number of nitro groups is 1. The molecule has 0 saturated carbocycles. The molecule has 0 radical (unpaired) electrons. The van der Waals surface area contributed by atoms with Crippen molar-refractivity contribution in [3.63, 3.8) is 0 Å². The van der Waals surface area contributed by atoms with Crippen LogP contribution in [0, 0.1) is 10.1 Å². The maximum Gasteiger partial charge on any atom is 0.418 e. The van der Waals surface area contributed by atoms with E-state index in [0.29, 0.717) is 12.6 Å². The highest BCUT2D eigenvalue weighted by Gasteiger charge is 2.35. The lowest BCUT2D eigenvalue weighted by molar-refractivity contribution is -0.385. The summed E-state index contributed by atoms with van der Waals surface area (Å²) in [6.45, 7) is 1.22. The Morgan fingerprint density at radius 2 is 2.20 bits per heavy atom. The Hall–Kier alpha value is -1.83. The van der Waals surface area contributed by atoms with Crippen LogP contribution >= 0.6 is 0 Å². The molecule has 5 nitrogen and oxygen atoms in total. The number of nitrogens with zero attached hydrogens (tertiary/aromatic N) is 1. The lowest BCUT2D eigenvalue weighted by Crippen LogP contribution is -2.29. The molecule has 1 atom stereocenters. The average molecular weight is 289 g/mol. The van der Waals surface area contributed by atoms with E-state index in [1.807, 2.05) is 0 Å². The minimum absolute atomic E-state index is 0.128. The fraction of sp³-hybridized carbons (Fsp3) is 0.500. The molecule has 8 heteroatoms. The smallest absolute Gasteiger partial charge is 0.383 e. The quantitative estimate of drug-likeness (QED) is 0.660. The zero-order chi connectivity index (χ0) is 14.8. The summed E-state index contributed by atoms with van der Waals surface area (Å²) in [7, 11) is 0. The van der Waals surface area contributed by atoms with E-state index in [0.717, 1.165) is 31.5 Å². The van der Waals surface area contributed by atoms with Crippen LogP contribution in [0.25, 0.3) is 0 Å². The summed E-state index contributed by atoms with van der Waals surface area (Å²) in [5.41, 5.74) is -1.71. The Bertz CT molecular complexity index is 499.